The molecule has 26 heavy (non-hydrogen) atoms. The molecule has 1 aliphatic heterocycles. The number of urea groups is 1. The third-order valence-electron chi connectivity index (χ3n) is 3.71. The fourth-order valence-electron chi connectivity index (χ4n) is 2.32. The lowest BCUT2D eigenvalue weighted by molar-refractivity contribution is -0.153. The molecule has 2 rings (SSSR count). The number of anilines is 1. The second-order valence-corrected chi connectivity index (χ2v) is 5.66. The van der Waals surface area contributed by atoms with Crippen LogP contribution in [0.25, 0.3) is 0 Å². The number of amides is 4. The van der Waals surface area contributed by atoms with Crippen LogP contribution in [0.4, 0.5) is 10.5 Å². The summed E-state index contributed by atoms with van der Waals surface area (Å²) in [6, 6.07) is 6.33. The van der Waals surface area contributed by atoms with E-state index < -0.39 is 24.0 Å². The first-order chi connectivity index (χ1) is 12.4. The Balaban J connectivity index is 1.74. The SMILES string of the molecule is COc1cccc(NC(=O)[C@H](C)OC(=O)CCCN2C(=O)CNC2=O)c1. The molecule has 1 fully saturated rings. The molecule has 0 unspecified atom stereocenters. The van der Waals surface area contributed by atoms with Crippen molar-refractivity contribution in [3.63, 3.8) is 0 Å². The first-order valence-corrected chi connectivity index (χ1v) is 8.13. The van der Waals surface area contributed by atoms with Gasteiger partial charge in [0, 0.05) is 24.7 Å². The van der Waals surface area contributed by atoms with Crippen molar-refractivity contribution in [1.29, 1.82) is 0 Å². The first kappa shape index (κ1) is 19.2. The van der Waals surface area contributed by atoms with Gasteiger partial charge in [0.1, 0.15) is 5.75 Å². The number of carbonyl (C=O) groups is 4. The number of methoxy groups -OCH3 is 1. The van der Waals surface area contributed by atoms with Gasteiger partial charge in [-0.25, -0.2) is 4.79 Å². The van der Waals surface area contributed by atoms with Crippen molar-refractivity contribution in [3.05, 3.63) is 24.3 Å². The van der Waals surface area contributed by atoms with Gasteiger partial charge >= 0.3 is 12.0 Å². The van der Waals surface area contributed by atoms with Gasteiger partial charge in [-0.2, -0.15) is 0 Å². The summed E-state index contributed by atoms with van der Waals surface area (Å²) in [6.07, 6.45) is -0.721. The molecule has 0 spiro atoms. The first-order valence-electron chi connectivity index (χ1n) is 8.13. The number of hydrogen-bond acceptors (Lipinski definition) is 6. The Hall–Kier alpha value is -3.10. The van der Waals surface area contributed by atoms with Crippen LogP contribution >= 0.6 is 0 Å². The second-order valence-electron chi connectivity index (χ2n) is 5.66. The van der Waals surface area contributed by atoms with Crippen LogP contribution in [0, 0.1) is 0 Å². The summed E-state index contributed by atoms with van der Waals surface area (Å²) in [5, 5.41) is 5.03. The van der Waals surface area contributed by atoms with Crippen LogP contribution in [0.1, 0.15) is 19.8 Å². The van der Waals surface area contributed by atoms with Crippen molar-refractivity contribution >= 4 is 29.5 Å². The molecule has 2 N–H and O–H groups in total. The highest BCUT2D eigenvalue weighted by Crippen LogP contribution is 2.17. The summed E-state index contributed by atoms with van der Waals surface area (Å²) in [5.41, 5.74) is 0.524. The standard InChI is InChI=1S/C17H21N3O6/c1-11(16(23)19-12-5-3-6-13(9-12)25-2)26-15(22)7-4-8-20-14(21)10-18-17(20)24/h3,5-6,9,11H,4,7-8,10H2,1-2H3,(H,18,24)(H,19,23)/t11-/m0/s1. The number of nitrogens with one attached hydrogen (secondary N) is 2. The Kier molecular flexibility index (Phi) is 6.54. The fourth-order valence-corrected chi connectivity index (χ4v) is 2.32. The number of imide groups is 1. The van der Waals surface area contributed by atoms with E-state index in [4.69, 9.17) is 9.47 Å². The van der Waals surface area contributed by atoms with Gasteiger partial charge in [-0.05, 0) is 25.5 Å². The number of benzene rings is 1. The van der Waals surface area contributed by atoms with Crippen molar-refractivity contribution in [2.24, 2.45) is 0 Å². The molecule has 0 aliphatic carbocycles. The monoisotopic (exact) mass is 363 g/mol. The van der Waals surface area contributed by atoms with Crippen LogP contribution in [-0.4, -0.2) is 55.0 Å². The van der Waals surface area contributed by atoms with E-state index in [-0.39, 0.29) is 31.8 Å². The summed E-state index contributed by atoms with van der Waals surface area (Å²) in [7, 11) is 1.52. The summed E-state index contributed by atoms with van der Waals surface area (Å²) in [4.78, 5) is 47.7. The summed E-state index contributed by atoms with van der Waals surface area (Å²) < 4.78 is 10.1. The summed E-state index contributed by atoms with van der Waals surface area (Å²) >= 11 is 0. The van der Waals surface area contributed by atoms with E-state index in [2.05, 4.69) is 10.6 Å². The largest absolute Gasteiger partial charge is 0.497 e. The zero-order chi connectivity index (χ0) is 19.1. The fraction of sp³-hybridized carbons (Fsp3) is 0.412. The smallest absolute Gasteiger partial charge is 0.324 e. The Bertz CT molecular complexity index is 689. The molecule has 1 aromatic rings. The van der Waals surface area contributed by atoms with Crippen molar-refractivity contribution in [1.82, 2.24) is 10.2 Å². The third-order valence-corrected chi connectivity index (χ3v) is 3.71. The Labute approximate surface area is 150 Å². The molecule has 140 valence electrons. The molecule has 1 heterocycles. The topological polar surface area (TPSA) is 114 Å². The quantitative estimate of drug-likeness (QED) is 0.524. The van der Waals surface area contributed by atoms with Gasteiger partial charge in [-0.3, -0.25) is 19.3 Å². The molecular formula is C17H21N3O6. The molecule has 0 saturated carbocycles. The van der Waals surface area contributed by atoms with E-state index in [1.807, 2.05) is 0 Å². The van der Waals surface area contributed by atoms with Crippen LogP contribution in [0.15, 0.2) is 24.3 Å². The highest BCUT2D eigenvalue weighted by atomic mass is 16.5. The molecule has 9 heteroatoms. The van der Waals surface area contributed by atoms with Crippen molar-refractivity contribution in [2.75, 3.05) is 25.5 Å². The highest BCUT2D eigenvalue weighted by molar-refractivity contribution is 6.02. The van der Waals surface area contributed by atoms with Gasteiger partial charge < -0.3 is 20.1 Å². The van der Waals surface area contributed by atoms with Gasteiger partial charge in [0.2, 0.25) is 5.91 Å². The van der Waals surface area contributed by atoms with Crippen LogP contribution in [-0.2, 0) is 19.1 Å². The van der Waals surface area contributed by atoms with Crippen LogP contribution in [0.3, 0.4) is 0 Å². The summed E-state index contributed by atoms with van der Waals surface area (Å²) in [6.45, 7) is 1.57. The minimum absolute atomic E-state index is 0.00611. The second kappa shape index (κ2) is 8.84. The van der Waals surface area contributed by atoms with Crippen LogP contribution in [0.5, 0.6) is 5.75 Å². The minimum Gasteiger partial charge on any atom is -0.497 e. The molecule has 1 atom stereocenters. The predicted octanol–water partition coefficient (Wildman–Crippen LogP) is 0.897. The number of ether oxygens (including phenoxy) is 2. The minimum atomic E-state index is -0.981. The molecule has 0 aromatic heterocycles. The number of rotatable bonds is 8. The maximum absolute atomic E-state index is 12.1. The number of hydrogen-bond donors (Lipinski definition) is 2. The van der Waals surface area contributed by atoms with E-state index in [1.165, 1.54) is 14.0 Å². The van der Waals surface area contributed by atoms with E-state index >= 15 is 0 Å². The molecule has 9 nitrogen and oxygen atoms in total. The summed E-state index contributed by atoms with van der Waals surface area (Å²) in [5.74, 6) is -0.784. The lowest BCUT2D eigenvalue weighted by Gasteiger charge is -2.15. The van der Waals surface area contributed by atoms with E-state index in [0.29, 0.717) is 11.4 Å². The normalized spacial score (nSPS) is 14.6. The van der Waals surface area contributed by atoms with Gasteiger partial charge in [-0.1, -0.05) is 6.07 Å². The maximum atomic E-state index is 12.1. The van der Waals surface area contributed by atoms with Crippen LogP contribution < -0.4 is 15.4 Å². The van der Waals surface area contributed by atoms with Crippen molar-refractivity contribution in [3.8, 4) is 5.75 Å². The van der Waals surface area contributed by atoms with Gasteiger partial charge in [0.25, 0.3) is 5.91 Å². The molecule has 1 aliphatic rings. The third kappa shape index (κ3) is 5.20. The lowest BCUT2D eigenvalue weighted by Crippen LogP contribution is -2.33. The molecule has 4 amide bonds. The van der Waals surface area contributed by atoms with E-state index in [0.717, 1.165) is 4.90 Å². The van der Waals surface area contributed by atoms with Gasteiger partial charge in [0.05, 0.1) is 13.7 Å². The molecule has 1 aromatic carbocycles. The van der Waals surface area contributed by atoms with Gasteiger partial charge in [-0.15, -0.1) is 0 Å². The molecular weight excluding hydrogens is 342 g/mol. The van der Waals surface area contributed by atoms with Crippen molar-refractivity contribution < 1.29 is 28.7 Å². The number of esters is 1. The Morgan fingerprint density at radius 1 is 1.35 bits per heavy atom. The molecule has 0 bridgehead atoms. The van der Waals surface area contributed by atoms with Gasteiger partial charge in [0.15, 0.2) is 6.10 Å². The lowest BCUT2D eigenvalue weighted by atomic mass is 10.2. The maximum Gasteiger partial charge on any atom is 0.324 e. The molecule has 1 saturated heterocycles. The van der Waals surface area contributed by atoms with Crippen molar-refractivity contribution in [2.45, 2.75) is 25.9 Å². The van der Waals surface area contributed by atoms with Crippen LogP contribution in [0.2, 0.25) is 0 Å². The van der Waals surface area contributed by atoms with E-state index in [1.54, 1.807) is 24.3 Å². The Morgan fingerprint density at radius 2 is 2.12 bits per heavy atom. The van der Waals surface area contributed by atoms with E-state index in [9.17, 15) is 19.2 Å². The zero-order valence-electron chi connectivity index (χ0n) is 14.6. The average molecular weight is 363 g/mol. The highest BCUT2D eigenvalue weighted by Gasteiger charge is 2.28. The number of carbonyl (C=O) groups excluding carboxylic acids is 4. The Morgan fingerprint density at radius 3 is 2.77 bits per heavy atom. The number of nitrogens with zero attached hydrogens (tertiary/aromatic N) is 1. The zero-order valence-corrected chi connectivity index (χ0v) is 14.6. The predicted molar refractivity (Wildman–Crippen MR) is 91.5 cm³/mol. The molecule has 0 radical (unpaired) electrons. The average Bonchev–Trinajstić information content (AvgIpc) is 2.93.